The fourth-order valence-electron chi connectivity index (χ4n) is 3.06. The molecule has 0 bridgehead atoms. The quantitative estimate of drug-likeness (QED) is 0.580. The SMILES string of the molecule is Cc1nc(COc2ccccc2/C=C/C(=O)NCc2cccc3c2OCCO3)cs1. The van der Waals surface area contributed by atoms with Gasteiger partial charge in [0.1, 0.15) is 25.6 Å². The van der Waals surface area contributed by atoms with Gasteiger partial charge in [-0.3, -0.25) is 4.79 Å². The molecule has 1 aliphatic heterocycles. The molecular formula is C23H22N2O4S. The first kappa shape index (κ1) is 20.0. The Bertz CT molecular complexity index is 1060. The van der Waals surface area contributed by atoms with E-state index in [0.717, 1.165) is 21.8 Å². The fourth-order valence-corrected chi connectivity index (χ4v) is 3.65. The zero-order chi connectivity index (χ0) is 20.8. The van der Waals surface area contributed by atoms with Crippen molar-refractivity contribution < 1.29 is 19.0 Å². The molecule has 3 aromatic rings. The number of rotatable bonds is 7. The van der Waals surface area contributed by atoms with Crippen LogP contribution in [0.25, 0.3) is 6.08 Å². The normalized spacial score (nSPS) is 12.7. The molecule has 0 aliphatic carbocycles. The van der Waals surface area contributed by atoms with Crippen molar-refractivity contribution in [2.45, 2.75) is 20.1 Å². The number of hydrogen-bond acceptors (Lipinski definition) is 6. The summed E-state index contributed by atoms with van der Waals surface area (Å²) in [4.78, 5) is 16.7. The van der Waals surface area contributed by atoms with Crippen LogP contribution in [-0.2, 0) is 17.9 Å². The van der Waals surface area contributed by atoms with E-state index in [2.05, 4.69) is 10.3 Å². The maximum atomic E-state index is 12.3. The molecule has 7 heteroatoms. The van der Waals surface area contributed by atoms with Gasteiger partial charge in [0.2, 0.25) is 5.91 Å². The number of amides is 1. The summed E-state index contributed by atoms with van der Waals surface area (Å²) >= 11 is 1.60. The largest absolute Gasteiger partial charge is 0.487 e. The Labute approximate surface area is 179 Å². The zero-order valence-corrected chi connectivity index (χ0v) is 17.4. The Morgan fingerprint density at radius 3 is 2.93 bits per heavy atom. The van der Waals surface area contributed by atoms with E-state index in [-0.39, 0.29) is 5.91 Å². The van der Waals surface area contributed by atoms with Gasteiger partial charge in [0.05, 0.1) is 10.7 Å². The zero-order valence-electron chi connectivity index (χ0n) is 16.6. The van der Waals surface area contributed by atoms with Crippen molar-refractivity contribution in [3.05, 3.63) is 75.7 Å². The number of nitrogens with zero attached hydrogens (tertiary/aromatic N) is 1. The molecule has 154 valence electrons. The van der Waals surface area contributed by atoms with Crippen LogP contribution >= 0.6 is 11.3 Å². The molecule has 1 aliphatic rings. The molecule has 2 aromatic carbocycles. The lowest BCUT2D eigenvalue weighted by Gasteiger charge is -2.20. The molecule has 2 heterocycles. The van der Waals surface area contributed by atoms with Crippen molar-refractivity contribution in [1.82, 2.24) is 10.3 Å². The topological polar surface area (TPSA) is 69.7 Å². The van der Waals surface area contributed by atoms with Gasteiger partial charge in [-0.15, -0.1) is 11.3 Å². The maximum absolute atomic E-state index is 12.3. The summed E-state index contributed by atoms with van der Waals surface area (Å²) in [6.07, 6.45) is 3.25. The monoisotopic (exact) mass is 422 g/mol. The predicted molar refractivity (Wildman–Crippen MR) is 116 cm³/mol. The van der Waals surface area contributed by atoms with Gasteiger partial charge in [0.15, 0.2) is 11.5 Å². The van der Waals surface area contributed by atoms with Gasteiger partial charge in [-0.05, 0) is 25.1 Å². The van der Waals surface area contributed by atoms with E-state index in [1.54, 1.807) is 17.4 Å². The van der Waals surface area contributed by atoms with Crippen LogP contribution in [0, 0.1) is 6.92 Å². The van der Waals surface area contributed by atoms with E-state index >= 15 is 0 Å². The van der Waals surface area contributed by atoms with E-state index in [0.29, 0.717) is 43.6 Å². The molecule has 1 amide bonds. The lowest BCUT2D eigenvalue weighted by Crippen LogP contribution is -2.22. The van der Waals surface area contributed by atoms with Crippen LogP contribution in [-0.4, -0.2) is 24.1 Å². The fraction of sp³-hybridized carbons (Fsp3) is 0.217. The molecule has 0 saturated carbocycles. The molecule has 1 aromatic heterocycles. The minimum absolute atomic E-state index is 0.200. The van der Waals surface area contributed by atoms with E-state index in [1.165, 1.54) is 6.08 Å². The summed E-state index contributed by atoms with van der Waals surface area (Å²) in [6, 6.07) is 13.3. The molecule has 0 saturated heterocycles. The van der Waals surface area contributed by atoms with Crippen molar-refractivity contribution in [2.75, 3.05) is 13.2 Å². The van der Waals surface area contributed by atoms with Gasteiger partial charge in [0.25, 0.3) is 0 Å². The second kappa shape index (κ2) is 9.45. The van der Waals surface area contributed by atoms with Crippen LogP contribution in [0.4, 0.5) is 0 Å². The van der Waals surface area contributed by atoms with Gasteiger partial charge in [-0.1, -0.05) is 30.3 Å². The number of benzene rings is 2. The molecule has 6 nitrogen and oxygen atoms in total. The summed E-state index contributed by atoms with van der Waals surface area (Å²) in [5.41, 5.74) is 2.61. The number of para-hydroxylation sites is 2. The Morgan fingerprint density at radius 1 is 1.20 bits per heavy atom. The van der Waals surface area contributed by atoms with Crippen LogP contribution in [0.3, 0.4) is 0 Å². The van der Waals surface area contributed by atoms with Crippen LogP contribution in [0.2, 0.25) is 0 Å². The van der Waals surface area contributed by atoms with E-state index in [4.69, 9.17) is 14.2 Å². The van der Waals surface area contributed by atoms with Crippen LogP contribution in [0.5, 0.6) is 17.2 Å². The number of ether oxygens (including phenoxy) is 3. The number of fused-ring (bicyclic) bond motifs is 1. The third kappa shape index (κ3) is 4.99. The summed E-state index contributed by atoms with van der Waals surface area (Å²) < 4.78 is 17.1. The minimum Gasteiger partial charge on any atom is -0.487 e. The lowest BCUT2D eigenvalue weighted by atomic mass is 10.1. The molecule has 0 atom stereocenters. The third-order valence-corrected chi connectivity index (χ3v) is 5.30. The molecule has 4 rings (SSSR count). The number of nitrogens with one attached hydrogen (secondary N) is 1. The Kier molecular flexibility index (Phi) is 6.29. The highest BCUT2D eigenvalue weighted by molar-refractivity contribution is 7.09. The Hall–Kier alpha value is -3.32. The molecule has 0 radical (unpaired) electrons. The summed E-state index contributed by atoms with van der Waals surface area (Å²) in [7, 11) is 0. The molecule has 0 unspecified atom stereocenters. The second-order valence-electron chi connectivity index (χ2n) is 6.68. The number of aryl methyl sites for hydroxylation is 1. The summed E-state index contributed by atoms with van der Waals surface area (Å²) in [6.45, 7) is 3.76. The molecule has 30 heavy (non-hydrogen) atoms. The average Bonchev–Trinajstić information content (AvgIpc) is 3.20. The van der Waals surface area contributed by atoms with Crippen molar-refractivity contribution in [3.63, 3.8) is 0 Å². The van der Waals surface area contributed by atoms with Crippen molar-refractivity contribution in [1.29, 1.82) is 0 Å². The van der Waals surface area contributed by atoms with Crippen LogP contribution in [0.1, 0.15) is 21.8 Å². The second-order valence-corrected chi connectivity index (χ2v) is 7.74. The first-order valence-electron chi connectivity index (χ1n) is 9.65. The molecule has 0 fully saturated rings. The van der Waals surface area contributed by atoms with E-state index < -0.39 is 0 Å². The standard InChI is InChI=1S/C23H22N2O4S/c1-16-25-19(15-30-16)14-29-20-7-3-2-5-17(20)9-10-22(26)24-13-18-6-4-8-21-23(18)28-12-11-27-21/h2-10,15H,11-14H2,1H3,(H,24,26)/b10-9+. The minimum atomic E-state index is -0.200. The Balaban J connectivity index is 1.36. The van der Waals surface area contributed by atoms with Gasteiger partial charge >= 0.3 is 0 Å². The number of carbonyl (C=O) groups excluding carboxylic acids is 1. The Morgan fingerprint density at radius 2 is 2.07 bits per heavy atom. The van der Waals surface area contributed by atoms with Crippen LogP contribution < -0.4 is 19.5 Å². The van der Waals surface area contributed by atoms with Crippen molar-refractivity contribution in [2.24, 2.45) is 0 Å². The first-order valence-corrected chi connectivity index (χ1v) is 10.5. The first-order chi connectivity index (χ1) is 14.7. The number of carbonyl (C=O) groups is 1. The number of aromatic nitrogens is 1. The highest BCUT2D eigenvalue weighted by Crippen LogP contribution is 2.33. The van der Waals surface area contributed by atoms with Gasteiger partial charge in [-0.2, -0.15) is 0 Å². The van der Waals surface area contributed by atoms with Crippen molar-refractivity contribution >= 4 is 23.3 Å². The lowest BCUT2D eigenvalue weighted by molar-refractivity contribution is -0.116. The molecule has 0 spiro atoms. The van der Waals surface area contributed by atoms with Gasteiger partial charge < -0.3 is 19.5 Å². The van der Waals surface area contributed by atoms with Gasteiger partial charge in [-0.25, -0.2) is 4.98 Å². The maximum Gasteiger partial charge on any atom is 0.244 e. The molecular weight excluding hydrogens is 400 g/mol. The number of hydrogen-bond donors (Lipinski definition) is 1. The number of thiazole rings is 1. The highest BCUT2D eigenvalue weighted by Gasteiger charge is 2.15. The van der Waals surface area contributed by atoms with Gasteiger partial charge in [0, 0.05) is 29.1 Å². The van der Waals surface area contributed by atoms with Crippen molar-refractivity contribution in [3.8, 4) is 17.2 Å². The average molecular weight is 423 g/mol. The van der Waals surface area contributed by atoms with E-state index in [9.17, 15) is 4.79 Å². The van der Waals surface area contributed by atoms with E-state index in [1.807, 2.05) is 54.8 Å². The molecule has 1 N–H and O–H groups in total. The third-order valence-electron chi connectivity index (χ3n) is 4.48. The summed E-state index contributed by atoms with van der Waals surface area (Å²) in [5, 5.41) is 5.88. The van der Waals surface area contributed by atoms with Crippen LogP contribution in [0.15, 0.2) is 53.9 Å². The highest BCUT2D eigenvalue weighted by atomic mass is 32.1. The smallest absolute Gasteiger partial charge is 0.244 e. The predicted octanol–water partition coefficient (Wildman–Crippen LogP) is 4.13. The summed E-state index contributed by atoms with van der Waals surface area (Å²) in [5.74, 6) is 1.91.